The summed E-state index contributed by atoms with van der Waals surface area (Å²) in [6.07, 6.45) is 0. The lowest BCUT2D eigenvalue weighted by atomic mass is 10.2. The number of benzene rings is 1. The van der Waals surface area contributed by atoms with Gasteiger partial charge in [-0.25, -0.2) is 0 Å². The maximum atomic E-state index is 9.54. The second kappa shape index (κ2) is 7.09. The lowest BCUT2D eigenvalue weighted by Crippen LogP contribution is -2.18. The molecule has 0 heterocycles. The molecule has 0 bridgehead atoms. The molecule has 0 aliphatic carbocycles. The van der Waals surface area contributed by atoms with Gasteiger partial charge in [0.15, 0.2) is 0 Å². The van der Waals surface area contributed by atoms with Gasteiger partial charge in [0, 0.05) is 16.6 Å². The first-order valence-corrected chi connectivity index (χ1v) is 5.57. The van der Waals surface area contributed by atoms with E-state index < -0.39 is 0 Å². The maximum absolute atomic E-state index is 9.54. The van der Waals surface area contributed by atoms with Gasteiger partial charge in [-0.15, -0.1) is 12.4 Å². The molecule has 86 valence electrons. The zero-order valence-electron chi connectivity index (χ0n) is 8.96. The average molecular weight is 295 g/mol. The van der Waals surface area contributed by atoms with Gasteiger partial charge in [0.2, 0.25) is 0 Å². The van der Waals surface area contributed by atoms with E-state index in [1.807, 2.05) is 12.1 Å². The molecule has 0 amide bonds. The van der Waals surface area contributed by atoms with Crippen LogP contribution in [0, 0.1) is 5.92 Å². The Hall–Kier alpha value is -0.250. The van der Waals surface area contributed by atoms with Crippen LogP contribution in [0.5, 0.6) is 5.75 Å². The lowest BCUT2D eigenvalue weighted by molar-refractivity contribution is 0.461. The summed E-state index contributed by atoms with van der Waals surface area (Å²) < 4.78 is 0.997. The monoisotopic (exact) mass is 293 g/mol. The van der Waals surface area contributed by atoms with Crippen LogP contribution in [0.1, 0.15) is 19.4 Å². The normalized spacial score (nSPS) is 10.1. The van der Waals surface area contributed by atoms with Gasteiger partial charge in [-0.05, 0) is 30.7 Å². The van der Waals surface area contributed by atoms with Gasteiger partial charge < -0.3 is 10.4 Å². The van der Waals surface area contributed by atoms with Crippen LogP contribution < -0.4 is 5.32 Å². The third kappa shape index (κ3) is 5.40. The molecular weight excluding hydrogens is 277 g/mol. The van der Waals surface area contributed by atoms with Crippen LogP contribution in [-0.2, 0) is 6.54 Å². The molecule has 0 aliphatic rings. The Morgan fingerprint density at radius 3 is 2.67 bits per heavy atom. The summed E-state index contributed by atoms with van der Waals surface area (Å²) in [7, 11) is 0. The van der Waals surface area contributed by atoms with Crippen molar-refractivity contribution in [1.29, 1.82) is 0 Å². The number of phenolic OH excluding ortho intramolecular Hbond substituents is 1. The first-order chi connectivity index (χ1) is 6.59. The van der Waals surface area contributed by atoms with Gasteiger partial charge in [-0.3, -0.25) is 0 Å². The second-order valence-electron chi connectivity index (χ2n) is 3.80. The largest absolute Gasteiger partial charge is 0.508 e. The number of halogens is 2. The minimum atomic E-state index is 0. The summed E-state index contributed by atoms with van der Waals surface area (Å²) in [6.45, 7) is 6.00. The molecule has 1 aromatic carbocycles. The van der Waals surface area contributed by atoms with Crippen molar-refractivity contribution in [3.8, 4) is 5.75 Å². The summed E-state index contributed by atoms with van der Waals surface area (Å²) in [4.78, 5) is 0. The Kier molecular flexibility index (Phi) is 6.98. The molecule has 0 saturated heterocycles. The standard InChI is InChI=1S/C11H16BrNO.ClH/c1-8(2)6-13-7-9-5-10(12)3-4-11(9)14;/h3-5,8,13-14H,6-7H2,1-2H3;1H. The first kappa shape index (κ1) is 14.8. The number of nitrogens with one attached hydrogen (secondary N) is 1. The minimum Gasteiger partial charge on any atom is -0.508 e. The second-order valence-corrected chi connectivity index (χ2v) is 4.71. The van der Waals surface area contributed by atoms with Gasteiger partial charge in [0.1, 0.15) is 5.75 Å². The Bertz CT molecular complexity index is 305. The van der Waals surface area contributed by atoms with E-state index in [4.69, 9.17) is 0 Å². The zero-order chi connectivity index (χ0) is 10.6. The molecule has 0 spiro atoms. The highest BCUT2D eigenvalue weighted by Crippen LogP contribution is 2.21. The molecule has 2 nitrogen and oxygen atoms in total. The summed E-state index contributed by atoms with van der Waals surface area (Å²) in [5.74, 6) is 0.980. The van der Waals surface area contributed by atoms with E-state index in [1.165, 1.54) is 0 Å². The van der Waals surface area contributed by atoms with Crippen LogP contribution in [0.15, 0.2) is 22.7 Å². The fourth-order valence-electron chi connectivity index (χ4n) is 1.19. The van der Waals surface area contributed by atoms with Crippen molar-refractivity contribution in [3.05, 3.63) is 28.2 Å². The smallest absolute Gasteiger partial charge is 0.120 e. The van der Waals surface area contributed by atoms with Gasteiger partial charge in [0.05, 0.1) is 0 Å². The van der Waals surface area contributed by atoms with E-state index in [1.54, 1.807) is 6.07 Å². The van der Waals surface area contributed by atoms with Crippen LogP contribution >= 0.6 is 28.3 Å². The molecule has 0 fully saturated rings. The van der Waals surface area contributed by atoms with Crippen LogP contribution in [-0.4, -0.2) is 11.7 Å². The van der Waals surface area contributed by atoms with Crippen molar-refractivity contribution < 1.29 is 5.11 Å². The van der Waals surface area contributed by atoms with E-state index >= 15 is 0 Å². The van der Waals surface area contributed by atoms with E-state index in [-0.39, 0.29) is 12.4 Å². The van der Waals surface area contributed by atoms with Crippen LogP contribution in [0.4, 0.5) is 0 Å². The lowest BCUT2D eigenvalue weighted by Gasteiger charge is -2.09. The zero-order valence-corrected chi connectivity index (χ0v) is 11.4. The highest BCUT2D eigenvalue weighted by Gasteiger charge is 2.01. The molecule has 2 N–H and O–H groups in total. The fourth-order valence-corrected chi connectivity index (χ4v) is 1.60. The number of hydrogen-bond donors (Lipinski definition) is 2. The molecule has 15 heavy (non-hydrogen) atoms. The first-order valence-electron chi connectivity index (χ1n) is 4.77. The third-order valence-electron chi connectivity index (χ3n) is 1.91. The topological polar surface area (TPSA) is 32.3 Å². The number of hydrogen-bond acceptors (Lipinski definition) is 2. The number of phenols is 1. The van der Waals surface area contributed by atoms with Crippen molar-refractivity contribution in [2.75, 3.05) is 6.54 Å². The van der Waals surface area contributed by atoms with Crippen molar-refractivity contribution in [3.63, 3.8) is 0 Å². The molecule has 0 atom stereocenters. The molecule has 1 rings (SSSR count). The molecule has 4 heteroatoms. The molecule has 0 aliphatic heterocycles. The molecule has 0 unspecified atom stereocenters. The quantitative estimate of drug-likeness (QED) is 0.893. The van der Waals surface area contributed by atoms with Crippen molar-refractivity contribution in [1.82, 2.24) is 5.32 Å². The fraction of sp³-hybridized carbons (Fsp3) is 0.455. The summed E-state index contributed by atoms with van der Waals surface area (Å²) >= 11 is 3.38. The summed E-state index contributed by atoms with van der Waals surface area (Å²) in [5.41, 5.74) is 0.931. The third-order valence-corrected chi connectivity index (χ3v) is 2.40. The van der Waals surface area contributed by atoms with Gasteiger partial charge in [-0.2, -0.15) is 0 Å². The van der Waals surface area contributed by atoms with Crippen molar-refractivity contribution in [2.24, 2.45) is 5.92 Å². The van der Waals surface area contributed by atoms with Crippen molar-refractivity contribution in [2.45, 2.75) is 20.4 Å². The van der Waals surface area contributed by atoms with E-state index in [0.29, 0.717) is 18.2 Å². The molecule has 0 aromatic heterocycles. The van der Waals surface area contributed by atoms with E-state index in [2.05, 4.69) is 35.1 Å². The Balaban J connectivity index is 0.00000196. The Morgan fingerprint density at radius 1 is 1.40 bits per heavy atom. The van der Waals surface area contributed by atoms with Crippen LogP contribution in [0.25, 0.3) is 0 Å². The molecule has 0 saturated carbocycles. The highest BCUT2D eigenvalue weighted by molar-refractivity contribution is 9.10. The van der Waals surface area contributed by atoms with Crippen LogP contribution in [0.3, 0.4) is 0 Å². The van der Waals surface area contributed by atoms with Gasteiger partial charge in [0.25, 0.3) is 0 Å². The van der Waals surface area contributed by atoms with E-state index in [0.717, 1.165) is 16.6 Å². The predicted molar refractivity (Wildman–Crippen MR) is 69.6 cm³/mol. The summed E-state index contributed by atoms with van der Waals surface area (Å²) in [6, 6.07) is 5.47. The SMILES string of the molecule is CC(C)CNCc1cc(Br)ccc1O.Cl. The molecule has 0 radical (unpaired) electrons. The van der Waals surface area contributed by atoms with E-state index in [9.17, 15) is 5.11 Å². The predicted octanol–water partition coefficient (Wildman–Crippen LogP) is 3.32. The van der Waals surface area contributed by atoms with Gasteiger partial charge in [-0.1, -0.05) is 29.8 Å². The van der Waals surface area contributed by atoms with Gasteiger partial charge >= 0.3 is 0 Å². The number of rotatable bonds is 4. The Morgan fingerprint density at radius 2 is 2.07 bits per heavy atom. The molecular formula is C11H17BrClNO. The van der Waals surface area contributed by atoms with Crippen LogP contribution in [0.2, 0.25) is 0 Å². The minimum absolute atomic E-state index is 0. The maximum Gasteiger partial charge on any atom is 0.120 e. The molecule has 1 aromatic rings. The summed E-state index contributed by atoms with van der Waals surface area (Å²) in [5, 5.41) is 12.8. The Labute approximate surface area is 106 Å². The number of aromatic hydroxyl groups is 1. The average Bonchev–Trinajstić information content (AvgIpc) is 2.10. The van der Waals surface area contributed by atoms with Crippen molar-refractivity contribution >= 4 is 28.3 Å². The highest BCUT2D eigenvalue weighted by atomic mass is 79.9.